The molecule has 0 aliphatic rings. The van der Waals surface area contributed by atoms with Gasteiger partial charge in [0, 0.05) is 30.9 Å². The van der Waals surface area contributed by atoms with Crippen LogP contribution in [0.3, 0.4) is 0 Å². The van der Waals surface area contributed by atoms with Crippen molar-refractivity contribution in [2.24, 2.45) is 0 Å². The fourth-order valence-electron chi connectivity index (χ4n) is 2.10. The Labute approximate surface area is 147 Å². The fourth-order valence-corrected chi connectivity index (χ4v) is 2.10. The van der Waals surface area contributed by atoms with Gasteiger partial charge in [0.1, 0.15) is 11.5 Å². The molecule has 0 aromatic heterocycles. The van der Waals surface area contributed by atoms with Crippen molar-refractivity contribution in [2.45, 2.75) is 6.92 Å². The Kier molecular flexibility index (Phi) is 6.39. The number of hydrogen-bond donors (Lipinski definition) is 1. The van der Waals surface area contributed by atoms with E-state index >= 15 is 0 Å². The molecule has 0 heterocycles. The van der Waals surface area contributed by atoms with Gasteiger partial charge in [0.05, 0.1) is 7.11 Å². The van der Waals surface area contributed by atoms with Gasteiger partial charge in [-0.25, -0.2) is 0 Å². The van der Waals surface area contributed by atoms with Gasteiger partial charge in [-0.1, -0.05) is 6.07 Å². The minimum Gasteiger partial charge on any atom is -0.497 e. The van der Waals surface area contributed by atoms with Gasteiger partial charge < -0.3 is 19.7 Å². The minimum atomic E-state index is -0.279. The number of nitrogens with one attached hydrogen (secondary N) is 1. The van der Waals surface area contributed by atoms with E-state index in [0.717, 1.165) is 0 Å². The highest BCUT2D eigenvalue weighted by atomic mass is 16.5. The van der Waals surface area contributed by atoms with Gasteiger partial charge in [0.15, 0.2) is 6.61 Å². The van der Waals surface area contributed by atoms with Crippen LogP contribution in [0.2, 0.25) is 0 Å². The molecular weight excluding hydrogens is 320 g/mol. The predicted molar refractivity (Wildman–Crippen MR) is 96.2 cm³/mol. The molecule has 2 amide bonds. The maximum absolute atomic E-state index is 12.0. The number of amides is 2. The second-order valence-corrected chi connectivity index (χ2v) is 5.41. The van der Waals surface area contributed by atoms with Gasteiger partial charge in [-0.15, -0.1) is 0 Å². The van der Waals surface area contributed by atoms with Crippen molar-refractivity contribution in [3.05, 3.63) is 54.1 Å². The van der Waals surface area contributed by atoms with E-state index in [1.807, 2.05) is 6.92 Å². The first-order valence-corrected chi connectivity index (χ1v) is 7.95. The summed E-state index contributed by atoms with van der Waals surface area (Å²) in [6, 6.07) is 13.8. The zero-order chi connectivity index (χ0) is 18.2. The molecule has 0 aliphatic carbocycles. The molecule has 0 bridgehead atoms. The lowest BCUT2D eigenvalue weighted by Gasteiger charge is -2.14. The molecule has 132 valence electrons. The topological polar surface area (TPSA) is 67.9 Å². The summed E-state index contributed by atoms with van der Waals surface area (Å²) in [5.41, 5.74) is 1.22. The van der Waals surface area contributed by atoms with Gasteiger partial charge in [0.2, 0.25) is 0 Å². The lowest BCUT2D eigenvalue weighted by atomic mass is 10.2. The van der Waals surface area contributed by atoms with Crippen LogP contribution in [0.15, 0.2) is 48.5 Å². The van der Waals surface area contributed by atoms with E-state index in [1.165, 1.54) is 0 Å². The molecule has 2 rings (SSSR count). The number of benzene rings is 2. The molecular formula is C19H22N2O4. The van der Waals surface area contributed by atoms with E-state index in [4.69, 9.17) is 9.47 Å². The van der Waals surface area contributed by atoms with Crippen molar-refractivity contribution >= 4 is 17.5 Å². The first kappa shape index (κ1) is 18.3. The van der Waals surface area contributed by atoms with E-state index in [2.05, 4.69) is 5.32 Å². The molecule has 0 atom stereocenters. The van der Waals surface area contributed by atoms with Gasteiger partial charge >= 0.3 is 0 Å². The number of ether oxygens (including phenoxy) is 2. The monoisotopic (exact) mass is 342 g/mol. The van der Waals surface area contributed by atoms with Gasteiger partial charge in [0.25, 0.3) is 11.8 Å². The summed E-state index contributed by atoms with van der Waals surface area (Å²) in [7, 11) is 3.31. The third-order valence-electron chi connectivity index (χ3n) is 3.65. The molecule has 6 heteroatoms. The van der Waals surface area contributed by atoms with Gasteiger partial charge in [-0.3, -0.25) is 9.59 Å². The maximum Gasteiger partial charge on any atom is 0.262 e. The lowest BCUT2D eigenvalue weighted by molar-refractivity contribution is -0.118. The first-order valence-electron chi connectivity index (χ1n) is 7.95. The van der Waals surface area contributed by atoms with Crippen molar-refractivity contribution in [1.82, 2.24) is 4.90 Å². The van der Waals surface area contributed by atoms with E-state index in [9.17, 15) is 9.59 Å². The third-order valence-corrected chi connectivity index (χ3v) is 3.65. The van der Waals surface area contributed by atoms with Crippen LogP contribution in [-0.4, -0.2) is 44.0 Å². The molecule has 1 N–H and O–H groups in total. The smallest absolute Gasteiger partial charge is 0.262 e. The fraction of sp³-hybridized carbons (Fsp3) is 0.263. The molecule has 2 aromatic carbocycles. The van der Waals surface area contributed by atoms with Gasteiger partial charge in [-0.05, 0) is 43.3 Å². The predicted octanol–water partition coefficient (Wildman–Crippen LogP) is 2.80. The van der Waals surface area contributed by atoms with Crippen LogP contribution in [0.25, 0.3) is 0 Å². The molecule has 0 aliphatic heterocycles. The molecule has 0 saturated carbocycles. The Bertz CT molecular complexity index is 728. The van der Waals surface area contributed by atoms with Crippen LogP contribution in [0.4, 0.5) is 5.69 Å². The van der Waals surface area contributed by atoms with Crippen LogP contribution in [0, 0.1) is 0 Å². The van der Waals surface area contributed by atoms with E-state index in [0.29, 0.717) is 29.3 Å². The summed E-state index contributed by atoms with van der Waals surface area (Å²) in [5.74, 6) is 0.858. The van der Waals surface area contributed by atoms with Crippen LogP contribution in [0.1, 0.15) is 17.3 Å². The highest BCUT2D eigenvalue weighted by molar-refractivity contribution is 5.94. The van der Waals surface area contributed by atoms with Crippen molar-refractivity contribution in [2.75, 3.05) is 32.6 Å². The molecule has 0 fully saturated rings. The number of nitrogens with zero attached hydrogens (tertiary/aromatic N) is 1. The summed E-state index contributed by atoms with van der Waals surface area (Å²) >= 11 is 0. The Morgan fingerprint density at radius 2 is 1.80 bits per heavy atom. The van der Waals surface area contributed by atoms with Crippen molar-refractivity contribution in [1.29, 1.82) is 0 Å². The van der Waals surface area contributed by atoms with Crippen molar-refractivity contribution < 1.29 is 19.1 Å². The Morgan fingerprint density at radius 1 is 1.08 bits per heavy atom. The zero-order valence-electron chi connectivity index (χ0n) is 14.6. The summed E-state index contributed by atoms with van der Waals surface area (Å²) in [6.07, 6.45) is 0. The number of carbonyl (C=O) groups excluding carboxylic acids is 2. The minimum absolute atomic E-state index is 0.0511. The normalized spacial score (nSPS) is 10.0. The average Bonchev–Trinajstić information content (AvgIpc) is 2.65. The number of anilines is 1. The van der Waals surface area contributed by atoms with Crippen molar-refractivity contribution in [3.8, 4) is 11.5 Å². The van der Waals surface area contributed by atoms with E-state index in [-0.39, 0.29) is 18.4 Å². The quantitative estimate of drug-likeness (QED) is 0.840. The maximum atomic E-state index is 12.0. The second kappa shape index (κ2) is 8.73. The number of rotatable bonds is 7. The lowest BCUT2D eigenvalue weighted by Crippen LogP contribution is -2.26. The molecule has 0 saturated heterocycles. The first-order chi connectivity index (χ1) is 12.0. The van der Waals surface area contributed by atoms with Crippen LogP contribution < -0.4 is 14.8 Å². The highest BCUT2D eigenvalue weighted by Crippen LogP contribution is 2.17. The number of carbonyl (C=O) groups is 2. The molecule has 0 spiro atoms. The SMILES string of the molecule is CCN(C)C(=O)c1ccc(OCC(=O)Nc2cccc(OC)c2)cc1. The standard InChI is InChI=1S/C19H22N2O4/c1-4-21(2)19(23)14-8-10-16(11-9-14)25-13-18(22)20-15-6-5-7-17(12-15)24-3/h5-12H,4,13H2,1-3H3,(H,20,22). The zero-order valence-corrected chi connectivity index (χ0v) is 14.6. The van der Waals surface area contributed by atoms with Crippen LogP contribution in [0.5, 0.6) is 11.5 Å². The van der Waals surface area contributed by atoms with Crippen molar-refractivity contribution in [3.63, 3.8) is 0 Å². The number of hydrogen-bond acceptors (Lipinski definition) is 4. The highest BCUT2D eigenvalue weighted by Gasteiger charge is 2.10. The average molecular weight is 342 g/mol. The molecule has 2 aromatic rings. The Morgan fingerprint density at radius 3 is 2.44 bits per heavy atom. The third kappa shape index (κ3) is 5.24. The molecule has 6 nitrogen and oxygen atoms in total. The van der Waals surface area contributed by atoms with E-state index < -0.39 is 0 Å². The summed E-state index contributed by atoms with van der Waals surface area (Å²) in [6.45, 7) is 2.43. The second-order valence-electron chi connectivity index (χ2n) is 5.41. The Hall–Kier alpha value is -3.02. The Balaban J connectivity index is 1.88. The molecule has 0 radical (unpaired) electrons. The molecule has 0 unspecified atom stereocenters. The largest absolute Gasteiger partial charge is 0.497 e. The summed E-state index contributed by atoms with van der Waals surface area (Å²) in [5, 5.41) is 2.73. The molecule has 25 heavy (non-hydrogen) atoms. The van der Waals surface area contributed by atoms with Crippen LogP contribution in [-0.2, 0) is 4.79 Å². The van der Waals surface area contributed by atoms with Crippen LogP contribution >= 0.6 is 0 Å². The summed E-state index contributed by atoms with van der Waals surface area (Å²) in [4.78, 5) is 25.6. The van der Waals surface area contributed by atoms with Gasteiger partial charge in [-0.2, -0.15) is 0 Å². The van der Waals surface area contributed by atoms with E-state index in [1.54, 1.807) is 67.6 Å². The summed E-state index contributed by atoms with van der Waals surface area (Å²) < 4.78 is 10.6. The number of methoxy groups -OCH3 is 1.